The number of hydrogen-bond donors (Lipinski definition) is 2. The van der Waals surface area contributed by atoms with Gasteiger partial charge in [-0.05, 0) is 50.1 Å². The van der Waals surface area contributed by atoms with Gasteiger partial charge >= 0.3 is 0 Å². The number of rotatable bonds is 5. The maximum Gasteiger partial charge on any atom is 0.243 e. The summed E-state index contributed by atoms with van der Waals surface area (Å²) in [5.74, 6) is 0.201. The lowest BCUT2D eigenvalue weighted by molar-refractivity contribution is 0.192. The molecule has 0 aromatic heterocycles. The van der Waals surface area contributed by atoms with Crippen molar-refractivity contribution in [2.45, 2.75) is 35.6 Å². The van der Waals surface area contributed by atoms with Crippen LogP contribution in [0.25, 0.3) is 0 Å². The van der Waals surface area contributed by atoms with Crippen LogP contribution in [0.4, 0.5) is 0 Å². The van der Waals surface area contributed by atoms with E-state index in [-0.39, 0.29) is 40.7 Å². The van der Waals surface area contributed by atoms with Gasteiger partial charge in [-0.25, -0.2) is 21.6 Å². The Labute approximate surface area is 150 Å². The Morgan fingerprint density at radius 3 is 2.21 bits per heavy atom. The van der Waals surface area contributed by atoms with E-state index in [9.17, 15) is 16.8 Å². The van der Waals surface area contributed by atoms with Gasteiger partial charge in [0.2, 0.25) is 20.0 Å². The fourth-order valence-electron chi connectivity index (χ4n) is 2.90. The first-order chi connectivity index (χ1) is 10.7. The lowest BCUT2D eigenvalue weighted by Gasteiger charge is -2.38. The summed E-state index contributed by atoms with van der Waals surface area (Å²) < 4.78 is 52.8. The third-order valence-electron chi connectivity index (χ3n) is 4.32. The van der Waals surface area contributed by atoms with Gasteiger partial charge in [0, 0.05) is 19.1 Å². The van der Waals surface area contributed by atoms with Crippen LogP contribution in [0.1, 0.15) is 19.8 Å². The molecule has 2 atom stereocenters. The maximum absolute atomic E-state index is 12.8. The molecule has 138 valence electrons. The number of nitrogens with zero attached hydrogens (tertiary/aromatic N) is 1. The minimum absolute atomic E-state index is 0. The van der Waals surface area contributed by atoms with Crippen molar-refractivity contribution < 1.29 is 16.8 Å². The molecule has 2 unspecified atom stereocenters. The quantitative estimate of drug-likeness (QED) is 0.762. The van der Waals surface area contributed by atoms with E-state index in [2.05, 4.69) is 4.72 Å². The molecular formula is C14H24ClN3O4S2. The van der Waals surface area contributed by atoms with Crippen LogP contribution in [-0.2, 0) is 20.0 Å². The van der Waals surface area contributed by atoms with Gasteiger partial charge in [-0.15, -0.1) is 12.4 Å². The minimum Gasteiger partial charge on any atom is -0.329 e. The lowest BCUT2D eigenvalue weighted by atomic mass is 9.93. The average Bonchev–Trinajstić information content (AvgIpc) is 2.54. The first kappa shape index (κ1) is 21.3. The second-order valence-corrected chi connectivity index (χ2v) is 9.49. The predicted octanol–water partition coefficient (Wildman–Crippen LogP) is 0.764. The Balaban J connectivity index is 0.00000288. The number of piperidine rings is 1. The van der Waals surface area contributed by atoms with Crippen LogP contribution in [0.3, 0.4) is 0 Å². The predicted molar refractivity (Wildman–Crippen MR) is 95.1 cm³/mol. The van der Waals surface area contributed by atoms with Crippen LogP contribution in [0.2, 0.25) is 0 Å². The molecule has 1 fully saturated rings. The molecule has 1 aliphatic rings. The molecule has 1 aliphatic heterocycles. The molecular weight excluding hydrogens is 374 g/mol. The Morgan fingerprint density at radius 1 is 1.17 bits per heavy atom. The van der Waals surface area contributed by atoms with E-state index in [0.29, 0.717) is 6.54 Å². The van der Waals surface area contributed by atoms with Crippen molar-refractivity contribution >= 4 is 32.5 Å². The van der Waals surface area contributed by atoms with Gasteiger partial charge in [0.25, 0.3) is 0 Å². The fraction of sp³-hybridized carbons (Fsp3) is 0.571. The monoisotopic (exact) mass is 397 g/mol. The molecule has 24 heavy (non-hydrogen) atoms. The number of halogens is 1. The van der Waals surface area contributed by atoms with Gasteiger partial charge in [0.1, 0.15) is 0 Å². The van der Waals surface area contributed by atoms with E-state index in [0.717, 1.165) is 12.8 Å². The van der Waals surface area contributed by atoms with Gasteiger partial charge in [0.15, 0.2) is 0 Å². The highest BCUT2D eigenvalue weighted by atomic mass is 35.5. The van der Waals surface area contributed by atoms with Crippen molar-refractivity contribution in [1.82, 2.24) is 9.03 Å². The van der Waals surface area contributed by atoms with Crippen LogP contribution in [0.15, 0.2) is 34.1 Å². The summed E-state index contributed by atoms with van der Waals surface area (Å²) in [4.78, 5) is 0.112. The Bertz CT molecular complexity index is 751. The Hall–Kier alpha value is -0.710. The van der Waals surface area contributed by atoms with Crippen molar-refractivity contribution in [3.8, 4) is 0 Å². The van der Waals surface area contributed by atoms with Gasteiger partial charge in [-0.3, -0.25) is 0 Å². The molecule has 3 N–H and O–H groups in total. The highest BCUT2D eigenvalue weighted by Crippen LogP contribution is 2.29. The zero-order valence-corrected chi connectivity index (χ0v) is 16.1. The largest absolute Gasteiger partial charge is 0.329 e. The van der Waals surface area contributed by atoms with E-state index in [1.54, 1.807) is 0 Å². The SMILES string of the molecule is CNS(=O)(=O)c1ccc(S(=O)(=O)N2CCCC(C)C2CN)cc1.Cl. The fourth-order valence-corrected chi connectivity index (χ4v) is 5.40. The Kier molecular flexibility index (Phi) is 7.21. The summed E-state index contributed by atoms with van der Waals surface area (Å²) in [6, 6.07) is 5.01. The molecule has 0 bridgehead atoms. The molecule has 10 heteroatoms. The topological polar surface area (TPSA) is 110 Å². The van der Waals surface area contributed by atoms with Gasteiger partial charge < -0.3 is 5.73 Å². The normalized spacial score (nSPS) is 22.8. The first-order valence-electron chi connectivity index (χ1n) is 7.49. The summed E-state index contributed by atoms with van der Waals surface area (Å²) in [6.07, 6.45) is 1.75. The third kappa shape index (κ3) is 4.09. The molecule has 1 aromatic carbocycles. The Morgan fingerprint density at radius 2 is 1.71 bits per heavy atom. The summed E-state index contributed by atoms with van der Waals surface area (Å²) in [6.45, 7) is 2.71. The van der Waals surface area contributed by atoms with E-state index in [1.165, 1.54) is 35.6 Å². The average molecular weight is 398 g/mol. The van der Waals surface area contributed by atoms with Crippen LogP contribution >= 0.6 is 12.4 Å². The molecule has 1 heterocycles. The van der Waals surface area contributed by atoms with Gasteiger partial charge in [0.05, 0.1) is 9.79 Å². The summed E-state index contributed by atoms with van der Waals surface area (Å²) in [7, 11) is -5.97. The zero-order valence-electron chi connectivity index (χ0n) is 13.7. The molecule has 1 aromatic rings. The first-order valence-corrected chi connectivity index (χ1v) is 10.4. The van der Waals surface area contributed by atoms with Crippen molar-refractivity contribution in [3.63, 3.8) is 0 Å². The molecule has 0 aliphatic carbocycles. The maximum atomic E-state index is 12.8. The molecule has 0 radical (unpaired) electrons. The highest BCUT2D eigenvalue weighted by Gasteiger charge is 2.36. The van der Waals surface area contributed by atoms with Crippen LogP contribution in [-0.4, -0.2) is 47.3 Å². The molecule has 1 saturated heterocycles. The van der Waals surface area contributed by atoms with Gasteiger partial charge in [-0.1, -0.05) is 6.92 Å². The molecule has 0 amide bonds. The molecule has 7 nitrogen and oxygen atoms in total. The number of hydrogen-bond acceptors (Lipinski definition) is 5. The van der Waals surface area contributed by atoms with E-state index in [4.69, 9.17) is 5.73 Å². The number of nitrogens with one attached hydrogen (secondary N) is 1. The molecule has 0 saturated carbocycles. The van der Waals surface area contributed by atoms with E-state index in [1.807, 2.05) is 6.92 Å². The van der Waals surface area contributed by atoms with Crippen molar-refractivity contribution in [1.29, 1.82) is 0 Å². The second-order valence-electron chi connectivity index (χ2n) is 5.72. The number of sulfonamides is 2. The third-order valence-corrected chi connectivity index (χ3v) is 7.68. The van der Waals surface area contributed by atoms with Crippen LogP contribution < -0.4 is 10.5 Å². The summed E-state index contributed by atoms with van der Waals surface area (Å²) in [5, 5.41) is 0. The van der Waals surface area contributed by atoms with Gasteiger partial charge in [-0.2, -0.15) is 4.31 Å². The summed E-state index contributed by atoms with van der Waals surface area (Å²) >= 11 is 0. The van der Waals surface area contributed by atoms with Crippen LogP contribution in [0, 0.1) is 5.92 Å². The van der Waals surface area contributed by atoms with Crippen molar-refractivity contribution in [2.24, 2.45) is 11.7 Å². The number of benzene rings is 1. The summed E-state index contributed by atoms with van der Waals surface area (Å²) in [5.41, 5.74) is 5.76. The molecule has 2 rings (SSSR count). The van der Waals surface area contributed by atoms with Crippen LogP contribution in [0.5, 0.6) is 0 Å². The number of nitrogens with two attached hydrogens (primary N) is 1. The van der Waals surface area contributed by atoms with Crippen molar-refractivity contribution in [2.75, 3.05) is 20.1 Å². The molecule has 0 spiro atoms. The smallest absolute Gasteiger partial charge is 0.243 e. The van der Waals surface area contributed by atoms with E-state index >= 15 is 0 Å². The van der Waals surface area contributed by atoms with Crippen molar-refractivity contribution in [3.05, 3.63) is 24.3 Å². The zero-order chi connectivity index (χ0) is 17.3. The van der Waals surface area contributed by atoms with E-state index < -0.39 is 20.0 Å². The second kappa shape index (κ2) is 8.11. The highest BCUT2D eigenvalue weighted by molar-refractivity contribution is 7.89. The standard InChI is InChI=1S/C14H23N3O4S2.ClH/c1-11-4-3-9-17(14(11)10-15)23(20,21)13-7-5-12(6-8-13)22(18,19)16-2;/h5-8,11,14,16H,3-4,9-10,15H2,1-2H3;1H. The lowest BCUT2D eigenvalue weighted by Crippen LogP contribution is -2.51. The minimum atomic E-state index is -3.69.